The highest BCUT2D eigenvalue weighted by Crippen LogP contribution is 2.13. The van der Waals surface area contributed by atoms with Crippen LogP contribution in [0.1, 0.15) is 16.1 Å². The van der Waals surface area contributed by atoms with E-state index in [2.05, 4.69) is 5.10 Å². The number of aryl methyl sites for hydroxylation is 1. The van der Waals surface area contributed by atoms with Crippen LogP contribution in [0, 0.1) is 11.6 Å². The van der Waals surface area contributed by atoms with Gasteiger partial charge in [-0.3, -0.25) is 9.48 Å². The van der Waals surface area contributed by atoms with E-state index in [-0.39, 0.29) is 11.3 Å². The van der Waals surface area contributed by atoms with Gasteiger partial charge in [0.1, 0.15) is 17.3 Å². The molecule has 2 aromatic rings. The first-order valence-electron chi connectivity index (χ1n) is 4.57. The molecule has 0 saturated heterocycles. The Kier molecular flexibility index (Phi) is 2.52. The molecule has 5 heteroatoms. The molecule has 0 atom stereocenters. The highest BCUT2D eigenvalue weighted by Gasteiger charge is 2.16. The fourth-order valence-electron chi connectivity index (χ4n) is 1.35. The van der Waals surface area contributed by atoms with Gasteiger partial charge >= 0.3 is 0 Å². The van der Waals surface area contributed by atoms with Crippen molar-refractivity contribution in [2.75, 3.05) is 0 Å². The molecule has 0 aliphatic rings. The number of carbonyl (C=O) groups excluding carboxylic acids is 1. The predicted octanol–water partition coefficient (Wildman–Crippen LogP) is 1.93. The van der Waals surface area contributed by atoms with E-state index >= 15 is 0 Å². The number of nitrogens with zero attached hydrogens (tertiary/aromatic N) is 2. The van der Waals surface area contributed by atoms with Gasteiger partial charge in [0.05, 0.1) is 5.56 Å². The second-order valence-corrected chi connectivity index (χ2v) is 3.33. The number of ketones is 1. The largest absolute Gasteiger partial charge is 0.287 e. The minimum atomic E-state index is -0.753. The average molecular weight is 222 g/mol. The SMILES string of the molecule is Cn1ccc(C(=O)c2cc(F)ccc2F)n1. The highest BCUT2D eigenvalue weighted by molar-refractivity contribution is 6.07. The standard InChI is InChI=1S/C11H8F2N2O/c1-15-5-4-10(14-15)11(16)8-6-7(12)2-3-9(8)13/h2-6H,1H3. The van der Waals surface area contributed by atoms with Crippen LogP contribution in [0.4, 0.5) is 8.78 Å². The second-order valence-electron chi connectivity index (χ2n) is 3.33. The number of aromatic nitrogens is 2. The van der Waals surface area contributed by atoms with Crippen molar-refractivity contribution in [3.8, 4) is 0 Å². The number of carbonyl (C=O) groups is 1. The van der Waals surface area contributed by atoms with Crippen molar-refractivity contribution in [1.82, 2.24) is 9.78 Å². The zero-order valence-electron chi connectivity index (χ0n) is 8.45. The number of hydrogen-bond acceptors (Lipinski definition) is 2. The van der Waals surface area contributed by atoms with Gasteiger partial charge in [-0.25, -0.2) is 8.78 Å². The zero-order valence-corrected chi connectivity index (χ0v) is 8.45. The van der Waals surface area contributed by atoms with Crippen molar-refractivity contribution >= 4 is 5.78 Å². The molecule has 0 radical (unpaired) electrons. The van der Waals surface area contributed by atoms with Crippen LogP contribution in [0.5, 0.6) is 0 Å². The molecule has 0 fully saturated rings. The van der Waals surface area contributed by atoms with E-state index in [0.29, 0.717) is 0 Å². The van der Waals surface area contributed by atoms with Gasteiger partial charge in [0.15, 0.2) is 0 Å². The molecule has 16 heavy (non-hydrogen) atoms. The molecule has 82 valence electrons. The second kappa shape index (κ2) is 3.84. The third-order valence-electron chi connectivity index (χ3n) is 2.12. The summed E-state index contributed by atoms with van der Waals surface area (Å²) >= 11 is 0. The lowest BCUT2D eigenvalue weighted by atomic mass is 10.1. The van der Waals surface area contributed by atoms with Crippen LogP contribution in [0.15, 0.2) is 30.5 Å². The Morgan fingerprint density at radius 3 is 2.69 bits per heavy atom. The van der Waals surface area contributed by atoms with Crippen LogP contribution < -0.4 is 0 Å². The van der Waals surface area contributed by atoms with Crippen molar-refractivity contribution < 1.29 is 13.6 Å². The molecule has 0 unspecified atom stereocenters. The summed E-state index contributed by atoms with van der Waals surface area (Å²) in [6.45, 7) is 0. The van der Waals surface area contributed by atoms with Gasteiger partial charge in [-0.05, 0) is 24.3 Å². The Balaban J connectivity index is 2.45. The molecule has 0 N–H and O–H groups in total. The van der Waals surface area contributed by atoms with Gasteiger partial charge in [-0.2, -0.15) is 5.10 Å². The normalized spacial score (nSPS) is 10.4. The molecule has 1 aromatic heterocycles. The van der Waals surface area contributed by atoms with E-state index in [9.17, 15) is 13.6 Å². The molecule has 0 aliphatic carbocycles. The summed E-state index contributed by atoms with van der Waals surface area (Å²) in [5, 5.41) is 3.84. The molecule has 0 saturated carbocycles. The maximum atomic E-state index is 13.3. The van der Waals surface area contributed by atoms with Gasteiger partial charge in [0, 0.05) is 13.2 Å². The summed E-state index contributed by atoms with van der Waals surface area (Å²) < 4.78 is 27.6. The Labute approximate surface area is 90.3 Å². The van der Waals surface area contributed by atoms with Crippen LogP contribution in [0.2, 0.25) is 0 Å². The fourth-order valence-corrected chi connectivity index (χ4v) is 1.35. The maximum absolute atomic E-state index is 13.3. The quantitative estimate of drug-likeness (QED) is 0.728. The van der Waals surface area contributed by atoms with Crippen LogP contribution in [-0.4, -0.2) is 15.6 Å². The fraction of sp³-hybridized carbons (Fsp3) is 0.0909. The highest BCUT2D eigenvalue weighted by atomic mass is 19.1. The van der Waals surface area contributed by atoms with E-state index < -0.39 is 17.4 Å². The molecular weight excluding hydrogens is 214 g/mol. The molecule has 0 spiro atoms. The predicted molar refractivity (Wildman–Crippen MR) is 53.0 cm³/mol. The summed E-state index contributed by atoms with van der Waals surface area (Å²) in [5.74, 6) is -2.03. The Bertz CT molecular complexity index is 549. The minimum absolute atomic E-state index is 0.0898. The van der Waals surface area contributed by atoms with Gasteiger partial charge < -0.3 is 0 Å². The van der Waals surface area contributed by atoms with Gasteiger partial charge in [-0.1, -0.05) is 0 Å². The third kappa shape index (κ3) is 1.84. The third-order valence-corrected chi connectivity index (χ3v) is 2.12. The van der Waals surface area contributed by atoms with Crippen molar-refractivity contribution in [3.63, 3.8) is 0 Å². The number of rotatable bonds is 2. The Morgan fingerprint density at radius 1 is 1.31 bits per heavy atom. The monoisotopic (exact) mass is 222 g/mol. The molecule has 2 rings (SSSR count). The maximum Gasteiger partial charge on any atom is 0.216 e. The molecule has 3 nitrogen and oxygen atoms in total. The van der Waals surface area contributed by atoms with Gasteiger partial charge in [-0.15, -0.1) is 0 Å². The van der Waals surface area contributed by atoms with E-state index in [1.165, 1.54) is 10.7 Å². The van der Waals surface area contributed by atoms with Crippen molar-refractivity contribution in [2.24, 2.45) is 7.05 Å². The van der Waals surface area contributed by atoms with Crippen LogP contribution >= 0.6 is 0 Å². The summed E-state index contributed by atoms with van der Waals surface area (Å²) in [6.07, 6.45) is 1.56. The molecular formula is C11H8F2N2O. The van der Waals surface area contributed by atoms with E-state index in [4.69, 9.17) is 0 Å². The van der Waals surface area contributed by atoms with E-state index in [1.807, 2.05) is 0 Å². The summed E-state index contributed by atoms with van der Waals surface area (Å²) in [4.78, 5) is 11.8. The van der Waals surface area contributed by atoms with Crippen molar-refractivity contribution in [3.05, 3.63) is 53.4 Å². The first kappa shape index (κ1) is 10.5. The van der Waals surface area contributed by atoms with Crippen LogP contribution in [0.25, 0.3) is 0 Å². The molecule has 0 bridgehead atoms. The van der Waals surface area contributed by atoms with Crippen molar-refractivity contribution in [1.29, 1.82) is 0 Å². The summed E-state index contributed by atoms with van der Waals surface area (Å²) in [7, 11) is 1.64. The molecule has 1 aromatic carbocycles. The number of benzene rings is 1. The zero-order chi connectivity index (χ0) is 11.7. The van der Waals surface area contributed by atoms with Crippen molar-refractivity contribution in [2.45, 2.75) is 0 Å². The van der Waals surface area contributed by atoms with Gasteiger partial charge in [0.25, 0.3) is 0 Å². The number of hydrogen-bond donors (Lipinski definition) is 0. The Hall–Kier alpha value is -2.04. The minimum Gasteiger partial charge on any atom is -0.287 e. The summed E-state index contributed by atoms with van der Waals surface area (Å²) in [6, 6.07) is 4.20. The topological polar surface area (TPSA) is 34.9 Å². The van der Waals surface area contributed by atoms with E-state index in [0.717, 1.165) is 18.2 Å². The van der Waals surface area contributed by atoms with Gasteiger partial charge in [0.2, 0.25) is 5.78 Å². The molecule has 0 aliphatic heterocycles. The lowest BCUT2D eigenvalue weighted by Gasteiger charge is -1.99. The first-order chi connectivity index (χ1) is 7.58. The first-order valence-corrected chi connectivity index (χ1v) is 4.57. The number of halogens is 2. The lowest BCUT2D eigenvalue weighted by Crippen LogP contribution is -2.06. The van der Waals surface area contributed by atoms with E-state index in [1.54, 1.807) is 13.2 Å². The van der Waals surface area contributed by atoms with Crippen LogP contribution in [-0.2, 0) is 7.05 Å². The smallest absolute Gasteiger partial charge is 0.216 e. The average Bonchev–Trinajstić information content (AvgIpc) is 2.67. The lowest BCUT2D eigenvalue weighted by molar-refractivity contribution is 0.102. The molecule has 1 heterocycles. The van der Waals surface area contributed by atoms with Crippen LogP contribution in [0.3, 0.4) is 0 Å². The summed E-state index contributed by atoms with van der Waals surface area (Å²) in [5.41, 5.74) is -0.217. The molecule has 0 amide bonds. The Morgan fingerprint density at radius 2 is 2.06 bits per heavy atom.